The topological polar surface area (TPSA) is 89.6 Å². The molecule has 0 aliphatic carbocycles. The van der Waals surface area contributed by atoms with Crippen molar-refractivity contribution in [1.29, 1.82) is 0 Å². The highest BCUT2D eigenvalue weighted by Crippen LogP contribution is 2.19. The highest BCUT2D eigenvalue weighted by atomic mass is 16.5. The predicted octanol–water partition coefficient (Wildman–Crippen LogP) is 1.61. The number of aromatic nitrogens is 4. The van der Waals surface area contributed by atoms with Gasteiger partial charge in [-0.15, -0.1) is 0 Å². The van der Waals surface area contributed by atoms with Crippen molar-refractivity contribution in [1.82, 2.24) is 19.6 Å². The molecule has 0 aliphatic heterocycles. The molecule has 3 aromatic rings. The molecule has 0 radical (unpaired) electrons. The van der Waals surface area contributed by atoms with Crippen molar-refractivity contribution in [3.05, 3.63) is 48.5 Å². The van der Waals surface area contributed by atoms with Gasteiger partial charge < -0.3 is 9.84 Å². The van der Waals surface area contributed by atoms with Crippen LogP contribution in [0.2, 0.25) is 0 Å². The summed E-state index contributed by atoms with van der Waals surface area (Å²) in [7, 11) is 0. The average Bonchev–Trinajstić information content (AvgIpc) is 2.86. The van der Waals surface area contributed by atoms with Crippen LogP contribution in [0.5, 0.6) is 11.6 Å². The summed E-state index contributed by atoms with van der Waals surface area (Å²) in [6.45, 7) is 0. The number of fused-ring (bicyclic) bond motifs is 1. The third-order valence-corrected chi connectivity index (χ3v) is 2.41. The van der Waals surface area contributed by atoms with Gasteiger partial charge in [0, 0.05) is 24.5 Å². The maximum absolute atomic E-state index is 10.8. The summed E-state index contributed by atoms with van der Waals surface area (Å²) >= 11 is 0. The Kier molecular flexibility index (Phi) is 2.57. The van der Waals surface area contributed by atoms with Crippen molar-refractivity contribution >= 4 is 11.6 Å². The van der Waals surface area contributed by atoms with Gasteiger partial charge in [0.25, 0.3) is 0 Å². The van der Waals surface area contributed by atoms with Crippen LogP contribution in [0.15, 0.2) is 43.0 Å². The molecule has 0 saturated carbocycles. The highest BCUT2D eigenvalue weighted by Gasteiger charge is 2.06. The van der Waals surface area contributed by atoms with Crippen LogP contribution < -0.4 is 4.74 Å². The van der Waals surface area contributed by atoms with E-state index < -0.39 is 5.97 Å². The van der Waals surface area contributed by atoms with Crippen molar-refractivity contribution in [2.24, 2.45) is 0 Å². The number of pyridine rings is 1. The van der Waals surface area contributed by atoms with E-state index in [0.717, 1.165) is 0 Å². The number of hydrogen-bond donors (Lipinski definition) is 1. The number of ether oxygens (including phenoxy) is 1. The second-order valence-electron chi connectivity index (χ2n) is 3.72. The summed E-state index contributed by atoms with van der Waals surface area (Å²) in [6.07, 6.45) is 6.00. The summed E-state index contributed by atoms with van der Waals surface area (Å²) in [5.41, 5.74) is 0.697. The first-order chi connectivity index (χ1) is 9.22. The van der Waals surface area contributed by atoms with Crippen LogP contribution in [0.4, 0.5) is 0 Å². The van der Waals surface area contributed by atoms with Crippen LogP contribution in [0.25, 0.3) is 5.65 Å². The lowest BCUT2D eigenvalue weighted by Gasteiger charge is -2.04. The normalized spacial score (nSPS) is 10.5. The van der Waals surface area contributed by atoms with E-state index in [1.807, 2.05) is 0 Å². The molecule has 0 saturated heterocycles. The summed E-state index contributed by atoms with van der Waals surface area (Å²) in [4.78, 5) is 18.8. The molecule has 1 N–H and O–H groups in total. The molecule has 19 heavy (non-hydrogen) atoms. The molecule has 0 bridgehead atoms. The van der Waals surface area contributed by atoms with Crippen LogP contribution in [-0.2, 0) is 0 Å². The van der Waals surface area contributed by atoms with Gasteiger partial charge in [-0.05, 0) is 6.07 Å². The summed E-state index contributed by atoms with van der Waals surface area (Å²) < 4.78 is 7.06. The first kappa shape index (κ1) is 11.1. The molecule has 3 rings (SSSR count). The molecule has 7 heteroatoms. The molecule has 0 aromatic carbocycles. The van der Waals surface area contributed by atoms with Crippen molar-refractivity contribution in [2.75, 3.05) is 0 Å². The molecule has 0 atom stereocenters. The first-order valence-electron chi connectivity index (χ1n) is 5.39. The van der Waals surface area contributed by atoms with Crippen LogP contribution in [0, 0.1) is 0 Å². The van der Waals surface area contributed by atoms with E-state index >= 15 is 0 Å². The summed E-state index contributed by atoms with van der Waals surface area (Å²) in [6, 6.07) is 4.75. The number of nitrogens with zero attached hydrogens (tertiary/aromatic N) is 4. The van der Waals surface area contributed by atoms with E-state index in [-0.39, 0.29) is 5.56 Å². The number of rotatable bonds is 3. The van der Waals surface area contributed by atoms with E-state index in [1.54, 1.807) is 29.0 Å². The Labute approximate surface area is 107 Å². The Hall–Kier alpha value is -2.96. The van der Waals surface area contributed by atoms with Crippen LogP contribution >= 0.6 is 0 Å². The zero-order valence-electron chi connectivity index (χ0n) is 9.59. The minimum Gasteiger partial charge on any atom is -0.478 e. The minimum absolute atomic E-state index is 0.0583. The molecule has 3 heterocycles. The van der Waals surface area contributed by atoms with Crippen molar-refractivity contribution < 1.29 is 14.6 Å². The minimum atomic E-state index is -1.06. The number of carboxylic acids is 1. The molecule has 0 aliphatic rings. The lowest BCUT2D eigenvalue weighted by molar-refractivity contribution is 0.0696. The van der Waals surface area contributed by atoms with Gasteiger partial charge >= 0.3 is 5.97 Å². The molecule has 0 unspecified atom stereocenters. The van der Waals surface area contributed by atoms with E-state index in [1.165, 1.54) is 18.5 Å². The number of carboxylic acid groups (broad SMARTS) is 1. The van der Waals surface area contributed by atoms with Gasteiger partial charge in [0.1, 0.15) is 5.75 Å². The number of carbonyl (C=O) groups is 1. The molecule has 0 amide bonds. The highest BCUT2D eigenvalue weighted by molar-refractivity contribution is 5.87. The lowest BCUT2D eigenvalue weighted by atomic mass is 10.3. The van der Waals surface area contributed by atoms with Gasteiger partial charge in [0.2, 0.25) is 5.88 Å². The fraction of sp³-hybridized carbons (Fsp3) is 0. The first-order valence-corrected chi connectivity index (χ1v) is 5.39. The van der Waals surface area contributed by atoms with E-state index in [2.05, 4.69) is 15.1 Å². The van der Waals surface area contributed by atoms with Crippen LogP contribution in [-0.4, -0.2) is 30.7 Å². The summed E-state index contributed by atoms with van der Waals surface area (Å²) in [5.74, 6) is -0.397. The largest absolute Gasteiger partial charge is 0.478 e. The molecule has 7 nitrogen and oxygen atoms in total. The SMILES string of the molecule is O=C(O)c1cncc(Oc2ccn3nccc3n2)c1. The van der Waals surface area contributed by atoms with Crippen LogP contribution in [0.3, 0.4) is 0 Å². The van der Waals surface area contributed by atoms with Gasteiger partial charge in [0.15, 0.2) is 5.65 Å². The molecule has 94 valence electrons. The third-order valence-electron chi connectivity index (χ3n) is 2.41. The van der Waals surface area contributed by atoms with Crippen molar-refractivity contribution in [3.63, 3.8) is 0 Å². The van der Waals surface area contributed by atoms with E-state index in [0.29, 0.717) is 17.3 Å². The molecular weight excluding hydrogens is 248 g/mol. The van der Waals surface area contributed by atoms with Crippen molar-refractivity contribution in [3.8, 4) is 11.6 Å². The van der Waals surface area contributed by atoms with Crippen molar-refractivity contribution in [2.45, 2.75) is 0 Å². The molecule has 0 spiro atoms. The second-order valence-corrected chi connectivity index (χ2v) is 3.72. The second kappa shape index (κ2) is 4.37. The Morgan fingerprint density at radius 3 is 3.05 bits per heavy atom. The standard InChI is InChI=1S/C12H8N4O3/c17-12(18)8-5-9(7-13-6-8)19-11-2-4-16-10(15-11)1-3-14-16/h1-7H,(H,17,18). The number of hydrogen-bond acceptors (Lipinski definition) is 5. The number of aromatic carboxylic acids is 1. The predicted molar refractivity (Wildman–Crippen MR) is 64.3 cm³/mol. The van der Waals surface area contributed by atoms with Crippen LogP contribution in [0.1, 0.15) is 10.4 Å². The smallest absolute Gasteiger partial charge is 0.337 e. The van der Waals surface area contributed by atoms with E-state index in [4.69, 9.17) is 9.84 Å². The van der Waals surface area contributed by atoms with Gasteiger partial charge in [-0.3, -0.25) is 4.98 Å². The molecule has 0 fully saturated rings. The van der Waals surface area contributed by atoms with Gasteiger partial charge in [-0.2, -0.15) is 10.1 Å². The monoisotopic (exact) mass is 256 g/mol. The Bertz CT molecular complexity index is 753. The fourth-order valence-electron chi connectivity index (χ4n) is 1.56. The Morgan fingerprint density at radius 1 is 1.32 bits per heavy atom. The summed E-state index contributed by atoms with van der Waals surface area (Å²) in [5, 5.41) is 12.9. The fourth-order valence-corrected chi connectivity index (χ4v) is 1.56. The van der Waals surface area contributed by atoms with Gasteiger partial charge in [-0.1, -0.05) is 0 Å². The Balaban J connectivity index is 1.91. The Morgan fingerprint density at radius 2 is 2.21 bits per heavy atom. The lowest BCUT2D eigenvalue weighted by Crippen LogP contribution is -1.98. The molecular formula is C12H8N4O3. The van der Waals surface area contributed by atoms with E-state index in [9.17, 15) is 4.79 Å². The van der Waals surface area contributed by atoms with Gasteiger partial charge in [0.05, 0.1) is 18.0 Å². The maximum Gasteiger partial charge on any atom is 0.337 e. The quantitative estimate of drug-likeness (QED) is 0.765. The zero-order valence-corrected chi connectivity index (χ0v) is 9.59. The average molecular weight is 256 g/mol. The third kappa shape index (κ3) is 2.21. The zero-order chi connectivity index (χ0) is 13.2. The maximum atomic E-state index is 10.8. The van der Waals surface area contributed by atoms with Gasteiger partial charge in [-0.25, -0.2) is 9.31 Å². The molecule has 3 aromatic heterocycles.